The van der Waals surface area contributed by atoms with Crippen LogP contribution in [0.5, 0.6) is 0 Å². The van der Waals surface area contributed by atoms with E-state index in [1.54, 1.807) is 0 Å². The van der Waals surface area contributed by atoms with E-state index in [-0.39, 0.29) is 0 Å². The topological polar surface area (TPSA) is 53.0 Å². The van der Waals surface area contributed by atoms with Gasteiger partial charge >= 0.3 is 0 Å². The summed E-state index contributed by atoms with van der Waals surface area (Å²) in [5, 5.41) is 8.92. The molecule has 1 aromatic carbocycles. The Kier molecular flexibility index (Phi) is 7.08. The van der Waals surface area contributed by atoms with Crippen molar-refractivity contribution in [3.8, 4) is 6.07 Å². The van der Waals surface area contributed by atoms with E-state index in [0.717, 1.165) is 37.0 Å². The van der Waals surface area contributed by atoms with E-state index in [1.807, 2.05) is 12.1 Å². The highest BCUT2D eigenvalue weighted by Crippen LogP contribution is 2.29. The van der Waals surface area contributed by atoms with E-state index in [9.17, 15) is 0 Å². The predicted octanol–water partition coefficient (Wildman–Crippen LogP) is 3.78. The van der Waals surface area contributed by atoms with Gasteiger partial charge in [0.15, 0.2) is 0 Å². The molecule has 0 aromatic heterocycles. The molecule has 2 N–H and O–H groups in total. The van der Waals surface area contributed by atoms with Crippen molar-refractivity contribution in [2.24, 2.45) is 23.5 Å². The van der Waals surface area contributed by atoms with Crippen molar-refractivity contribution in [2.45, 2.75) is 46.1 Å². The Hall–Kier alpha value is -1.37. The number of hydrogen-bond donors (Lipinski definition) is 1. The second-order valence-corrected chi connectivity index (χ2v) is 7.52. The normalized spacial score (nSPS) is 21.6. The SMILES string of the molecule is CC(C)CN(Cc1ccc(C#N)cc1)CC1CCC(CN)CC1. The van der Waals surface area contributed by atoms with Crippen molar-refractivity contribution >= 4 is 0 Å². The van der Waals surface area contributed by atoms with Crippen molar-refractivity contribution in [1.82, 2.24) is 4.90 Å². The van der Waals surface area contributed by atoms with E-state index < -0.39 is 0 Å². The van der Waals surface area contributed by atoms with Crippen molar-refractivity contribution in [1.29, 1.82) is 5.26 Å². The number of nitrogens with zero attached hydrogens (tertiary/aromatic N) is 2. The van der Waals surface area contributed by atoms with Gasteiger partial charge in [0.1, 0.15) is 0 Å². The summed E-state index contributed by atoms with van der Waals surface area (Å²) in [4.78, 5) is 2.60. The van der Waals surface area contributed by atoms with Gasteiger partial charge in [-0.3, -0.25) is 4.90 Å². The number of nitrogens with two attached hydrogens (primary N) is 1. The van der Waals surface area contributed by atoms with Gasteiger partial charge in [-0.2, -0.15) is 5.26 Å². The molecule has 0 aliphatic heterocycles. The summed E-state index contributed by atoms with van der Waals surface area (Å²) in [7, 11) is 0. The fourth-order valence-electron chi connectivity index (χ4n) is 3.68. The average Bonchev–Trinajstić information content (AvgIpc) is 2.55. The van der Waals surface area contributed by atoms with Crippen molar-refractivity contribution in [2.75, 3.05) is 19.6 Å². The maximum absolute atomic E-state index is 8.92. The van der Waals surface area contributed by atoms with Gasteiger partial charge in [-0.15, -0.1) is 0 Å². The third kappa shape index (κ3) is 5.97. The van der Waals surface area contributed by atoms with Crippen LogP contribution in [0.15, 0.2) is 24.3 Å². The molecule has 2 rings (SSSR count). The summed E-state index contributed by atoms with van der Waals surface area (Å²) in [5.74, 6) is 2.24. The third-order valence-electron chi connectivity index (χ3n) is 4.93. The van der Waals surface area contributed by atoms with Crippen LogP contribution < -0.4 is 5.73 Å². The Labute approximate surface area is 141 Å². The van der Waals surface area contributed by atoms with E-state index in [0.29, 0.717) is 5.92 Å². The van der Waals surface area contributed by atoms with Gasteiger partial charge in [0.2, 0.25) is 0 Å². The highest BCUT2D eigenvalue weighted by atomic mass is 15.1. The van der Waals surface area contributed by atoms with E-state index in [2.05, 4.69) is 36.9 Å². The van der Waals surface area contributed by atoms with Crippen molar-refractivity contribution in [3.63, 3.8) is 0 Å². The Morgan fingerprint density at radius 3 is 2.26 bits per heavy atom. The van der Waals surface area contributed by atoms with Gasteiger partial charge in [0, 0.05) is 19.6 Å². The third-order valence-corrected chi connectivity index (χ3v) is 4.93. The lowest BCUT2D eigenvalue weighted by Crippen LogP contribution is -2.34. The Bertz CT molecular complexity index is 493. The second-order valence-electron chi connectivity index (χ2n) is 7.52. The molecule has 1 fully saturated rings. The summed E-state index contributed by atoms with van der Waals surface area (Å²) in [6.45, 7) is 8.74. The standard InChI is InChI=1S/C20H31N3/c1-16(2)13-23(14-19-7-3-17(11-21)4-8-19)15-20-9-5-18(12-22)6-10-20/h3-4,7-8,16,18,20H,5-6,9-10,12-15,22H2,1-2H3. The maximum atomic E-state index is 8.92. The molecule has 0 saturated heterocycles. The molecule has 3 heteroatoms. The Balaban J connectivity index is 1.92. The quantitative estimate of drug-likeness (QED) is 0.833. The first-order chi connectivity index (χ1) is 11.1. The molecular formula is C20H31N3. The largest absolute Gasteiger partial charge is 0.330 e. The molecule has 1 aromatic rings. The van der Waals surface area contributed by atoms with Crippen molar-refractivity contribution in [3.05, 3.63) is 35.4 Å². The van der Waals surface area contributed by atoms with E-state index in [1.165, 1.54) is 37.8 Å². The molecule has 0 atom stereocenters. The Morgan fingerprint density at radius 2 is 1.74 bits per heavy atom. The number of nitriles is 1. The van der Waals surface area contributed by atoms with Crippen LogP contribution in [-0.2, 0) is 6.54 Å². The molecule has 0 bridgehead atoms. The van der Waals surface area contributed by atoms with Gasteiger partial charge in [-0.05, 0) is 67.7 Å². The fourth-order valence-corrected chi connectivity index (χ4v) is 3.68. The highest BCUT2D eigenvalue weighted by Gasteiger charge is 2.22. The number of hydrogen-bond acceptors (Lipinski definition) is 3. The molecule has 23 heavy (non-hydrogen) atoms. The van der Waals surface area contributed by atoms with Gasteiger partial charge in [-0.1, -0.05) is 26.0 Å². The van der Waals surface area contributed by atoms with Crippen LogP contribution in [0.3, 0.4) is 0 Å². The molecule has 0 heterocycles. The second kappa shape index (κ2) is 9.05. The lowest BCUT2D eigenvalue weighted by molar-refractivity contribution is 0.162. The lowest BCUT2D eigenvalue weighted by atomic mass is 9.81. The molecule has 0 amide bonds. The summed E-state index contributed by atoms with van der Waals surface area (Å²) >= 11 is 0. The number of benzene rings is 1. The first kappa shape index (κ1) is 18.0. The van der Waals surface area contributed by atoms with Crippen LogP contribution in [0.1, 0.15) is 50.7 Å². The van der Waals surface area contributed by atoms with Gasteiger partial charge in [0.25, 0.3) is 0 Å². The predicted molar refractivity (Wildman–Crippen MR) is 95.8 cm³/mol. The molecule has 1 saturated carbocycles. The maximum Gasteiger partial charge on any atom is 0.0991 e. The summed E-state index contributed by atoms with van der Waals surface area (Å²) in [5.41, 5.74) is 7.85. The fraction of sp³-hybridized carbons (Fsp3) is 0.650. The van der Waals surface area contributed by atoms with E-state index in [4.69, 9.17) is 11.0 Å². The molecule has 0 spiro atoms. The molecule has 1 aliphatic rings. The zero-order valence-corrected chi connectivity index (χ0v) is 14.7. The van der Waals surface area contributed by atoms with Crippen LogP contribution in [0, 0.1) is 29.1 Å². The monoisotopic (exact) mass is 313 g/mol. The molecular weight excluding hydrogens is 282 g/mol. The van der Waals surface area contributed by atoms with Crippen LogP contribution in [0.2, 0.25) is 0 Å². The summed E-state index contributed by atoms with van der Waals surface area (Å²) < 4.78 is 0. The molecule has 3 nitrogen and oxygen atoms in total. The first-order valence-electron chi connectivity index (χ1n) is 9.02. The molecule has 0 radical (unpaired) electrons. The van der Waals surface area contributed by atoms with Gasteiger partial charge in [0.05, 0.1) is 11.6 Å². The minimum atomic E-state index is 0.675. The van der Waals surface area contributed by atoms with Gasteiger partial charge < -0.3 is 5.73 Å². The Morgan fingerprint density at radius 1 is 1.13 bits per heavy atom. The average molecular weight is 313 g/mol. The summed E-state index contributed by atoms with van der Waals surface area (Å²) in [6.07, 6.45) is 5.24. The van der Waals surface area contributed by atoms with Crippen molar-refractivity contribution < 1.29 is 0 Å². The molecule has 0 unspecified atom stereocenters. The smallest absolute Gasteiger partial charge is 0.0991 e. The minimum absolute atomic E-state index is 0.675. The highest BCUT2D eigenvalue weighted by molar-refractivity contribution is 5.31. The molecule has 1 aliphatic carbocycles. The van der Waals surface area contributed by atoms with E-state index >= 15 is 0 Å². The zero-order chi connectivity index (χ0) is 16.7. The minimum Gasteiger partial charge on any atom is -0.330 e. The van der Waals surface area contributed by atoms with Crippen LogP contribution >= 0.6 is 0 Å². The first-order valence-corrected chi connectivity index (χ1v) is 9.02. The zero-order valence-electron chi connectivity index (χ0n) is 14.7. The number of rotatable bonds is 7. The van der Waals surface area contributed by atoms with Crippen LogP contribution in [0.25, 0.3) is 0 Å². The van der Waals surface area contributed by atoms with Gasteiger partial charge in [-0.25, -0.2) is 0 Å². The summed E-state index contributed by atoms with van der Waals surface area (Å²) in [6, 6.07) is 10.2. The lowest BCUT2D eigenvalue weighted by Gasteiger charge is -2.33. The molecule has 126 valence electrons. The van der Waals surface area contributed by atoms with Crippen LogP contribution in [-0.4, -0.2) is 24.5 Å². The van der Waals surface area contributed by atoms with Crippen LogP contribution in [0.4, 0.5) is 0 Å².